The molecule has 1 aromatic heterocycles. The highest BCUT2D eigenvalue weighted by Crippen LogP contribution is 2.25. The van der Waals surface area contributed by atoms with Crippen LogP contribution in [0.4, 0.5) is 11.5 Å². The third-order valence-electron chi connectivity index (χ3n) is 1.79. The number of thioether (sulfide) groups is 1. The first-order chi connectivity index (χ1) is 6.63. The van der Waals surface area contributed by atoms with Crippen molar-refractivity contribution >= 4 is 23.3 Å². The minimum atomic E-state index is 0.193. The monoisotopic (exact) mass is 213 g/mol. The number of anilines is 2. The van der Waals surface area contributed by atoms with Gasteiger partial charge in [-0.25, -0.2) is 4.98 Å². The molecule has 1 heterocycles. The molecule has 1 unspecified atom stereocenters. The number of aliphatic hydroxyl groups excluding tert-OH is 1. The SMILES string of the molecule is CC(CCO)Sc1ccc(N)c(N)n1. The van der Waals surface area contributed by atoms with Gasteiger partial charge in [-0.2, -0.15) is 0 Å². The number of nitrogens with zero attached hydrogens (tertiary/aromatic N) is 1. The summed E-state index contributed by atoms with van der Waals surface area (Å²) in [7, 11) is 0. The molecule has 0 spiro atoms. The maximum Gasteiger partial charge on any atom is 0.147 e. The molecule has 0 aliphatic carbocycles. The maximum atomic E-state index is 8.73. The van der Waals surface area contributed by atoms with Gasteiger partial charge in [-0.3, -0.25) is 0 Å². The largest absolute Gasteiger partial charge is 0.396 e. The zero-order valence-electron chi connectivity index (χ0n) is 8.10. The minimum Gasteiger partial charge on any atom is -0.396 e. The first kappa shape index (κ1) is 11.1. The topological polar surface area (TPSA) is 85.2 Å². The van der Waals surface area contributed by atoms with E-state index < -0.39 is 0 Å². The third-order valence-corrected chi connectivity index (χ3v) is 2.90. The molecule has 5 heteroatoms. The van der Waals surface area contributed by atoms with Gasteiger partial charge < -0.3 is 16.6 Å². The lowest BCUT2D eigenvalue weighted by Gasteiger charge is -2.09. The van der Waals surface area contributed by atoms with Gasteiger partial charge in [-0.1, -0.05) is 6.92 Å². The molecule has 0 fully saturated rings. The molecule has 78 valence electrons. The van der Waals surface area contributed by atoms with E-state index in [1.807, 2.05) is 13.0 Å². The van der Waals surface area contributed by atoms with Crippen LogP contribution < -0.4 is 11.5 Å². The smallest absolute Gasteiger partial charge is 0.147 e. The van der Waals surface area contributed by atoms with Crippen LogP contribution in [0.5, 0.6) is 0 Å². The Kier molecular flexibility index (Phi) is 4.03. The first-order valence-electron chi connectivity index (χ1n) is 4.43. The molecule has 1 aromatic rings. The molecule has 0 bridgehead atoms. The fraction of sp³-hybridized carbons (Fsp3) is 0.444. The van der Waals surface area contributed by atoms with E-state index in [0.717, 1.165) is 11.4 Å². The highest BCUT2D eigenvalue weighted by molar-refractivity contribution is 7.99. The van der Waals surface area contributed by atoms with Gasteiger partial charge in [0.1, 0.15) is 5.82 Å². The van der Waals surface area contributed by atoms with E-state index in [9.17, 15) is 0 Å². The Morgan fingerprint density at radius 2 is 2.21 bits per heavy atom. The summed E-state index contributed by atoms with van der Waals surface area (Å²) < 4.78 is 0. The number of hydrogen-bond donors (Lipinski definition) is 3. The van der Waals surface area contributed by atoms with Crippen LogP contribution in [0.2, 0.25) is 0 Å². The van der Waals surface area contributed by atoms with Crippen molar-refractivity contribution in [3.05, 3.63) is 12.1 Å². The van der Waals surface area contributed by atoms with Gasteiger partial charge in [0, 0.05) is 11.9 Å². The first-order valence-corrected chi connectivity index (χ1v) is 5.31. The van der Waals surface area contributed by atoms with Crippen LogP contribution >= 0.6 is 11.8 Å². The zero-order valence-corrected chi connectivity index (χ0v) is 8.92. The number of rotatable bonds is 4. The lowest BCUT2D eigenvalue weighted by molar-refractivity contribution is 0.289. The summed E-state index contributed by atoms with van der Waals surface area (Å²) in [6.45, 7) is 2.23. The second-order valence-corrected chi connectivity index (χ2v) is 4.52. The lowest BCUT2D eigenvalue weighted by atomic mass is 10.3. The van der Waals surface area contributed by atoms with Gasteiger partial charge in [0.2, 0.25) is 0 Å². The van der Waals surface area contributed by atoms with Gasteiger partial charge in [-0.15, -0.1) is 11.8 Å². The highest BCUT2D eigenvalue weighted by atomic mass is 32.2. The number of aliphatic hydroxyl groups is 1. The molecule has 5 N–H and O–H groups in total. The normalized spacial score (nSPS) is 12.7. The average molecular weight is 213 g/mol. The number of pyridine rings is 1. The summed E-state index contributed by atoms with van der Waals surface area (Å²) in [5.41, 5.74) is 11.6. The standard InChI is InChI=1S/C9H15N3OS/c1-6(4-5-13)14-8-3-2-7(10)9(11)12-8/h2-3,6,13H,4-5,10H2,1H3,(H2,11,12). The predicted molar refractivity (Wildman–Crippen MR) is 60.1 cm³/mol. The van der Waals surface area contributed by atoms with Crippen LogP contribution in [0.15, 0.2) is 17.2 Å². The van der Waals surface area contributed by atoms with E-state index in [0.29, 0.717) is 16.8 Å². The zero-order chi connectivity index (χ0) is 10.6. The van der Waals surface area contributed by atoms with Crippen LogP contribution in [-0.4, -0.2) is 21.9 Å². The third kappa shape index (κ3) is 3.08. The van der Waals surface area contributed by atoms with E-state index in [4.69, 9.17) is 16.6 Å². The molecular weight excluding hydrogens is 198 g/mol. The molecule has 0 saturated heterocycles. The highest BCUT2D eigenvalue weighted by Gasteiger charge is 2.06. The Balaban J connectivity index is 2.63. The van der Waals surface area contributed by atoms with Crippen molar-refractivity contribution < 1.29 is 5.11 Å². The van der Waals surface area contributed by atoms with Crippen molar-refractivity contribution in [1.82, 2.24) is 4.98 Å². The average Bonchev–Trinajstić information content (AvgIpc) is 2.12. The molecule has 0 aliphatic heterocycles. The Bertz CT molecular complexity index is 306. The Morgan fingerprint density at radius 1 is 1.50 bits per heavy atom. The van der Waals surface area contributed by atoms with Gasteiger partial charge in [0.15, 0.2) is 0 Å². The van der Waals surface area contributed by atoms with Crippen LogP contribution in [-0.2, 0) is 0 Å². The molecule has 0 aliphatic rings. The maximum absolute atomic E-state index is 8.73. The van der Waals surface area contributed by atoms with Crippen molar-refractivity contribution in [2.45, 2.75) is 23.6 Å². The second-order valence-electron chi connectivity index (χ2n) is 3.06. The van der Waals surface area contributed by atoms with Gasteiger partial charge in [-0.05, 0) is 18.6 Å². The van der Waals surface area contributed by atoms with Crippen LogP contribution in [0, 0.1) is 0 Å². The molecule has 1 rings (SSSR count). The van der Waals surface area contributed by atoms with Gasteiger partial charge in [0.25, 0.3) is 0 Å². The van der Waals surface area contributed by atoms with E-state index >= 15 is 0 Å². The summed E-state index contributed by atoms with van der Waals surface area (Å²) in [4.78, 5) is 4.13. The van der Waals surface area contributed by atoms with E-state index in [1.165, 1.54) is 0 Å². The number of nitrogen functional groups attached to an aromatic ring is 2. The van der Waals surface area contributed by atoms with Gasteiger partial charge in [0.05, 0.1) is 10.7 Å². The number of hydrogen-bond acceptors (Lipinski definition) is 5. The molecule has 0 aromatic carbocycles. The van der Waals surface area contributed by atoms with Crippen molar-refractivity contribution in [1.29, 1.82) is 0 Å². The summed E-state index contributed by atoms with van der Waals surface area (Å²) in [6.07, 6.45) is 0.747. The van der Waals surface area contributed by atoms with Crippen LogP contribution in [0.3, 0.4) is 0 Å². The molecule has 0 radical (unpaired) electrons. The van der Waals surface area contributed by atoms with Gasteiger partial charge >= 0.3 is 0 Å². The minimum absolute atomic E-state index is 0.193. The molecule has 1 atom stereocenters. The molecule has 4 nitrogen and oxygen atoms in total. The quantitative estimate of drug-likeness (QED) is 0.652. The van der Waals surface area contributed by atoms with E-state index in [-0.39, 0.29) is 6.61 Å². The lowest BCUT2D eigenvalue weighted by Crippen LogP contribution is -2.02. The number of nitrogens with two attached hydrogens (primary N) is 2. The van der Waals surface area contributed by atoms with E-state index in [2.05, 4.69) is 4.98 Å². The summed E-state index contributed by atoms with van der Waals surface area (Å²) in [5.74, 6) is 0.367. The molecule has 14 heavy (non-hydrogen) atoms. The van der Waals surface area contributed by atoms with E-state index in [1.54, 1.807) is 17.8 Å². The van der Waals surface area contributed by atoms with Crippen molar-refractivity contribution in [3.63, 3.8) is 0 Å². The Hall–Kier alpha value is -0.940. The fourth-order valence-electron chi connectivity index (χ4n) is 0.979. The molecule has 0 saturated carbocycles. The second kappa shape index (κ2) is 5.07. The van der Waals surface area contributed by atoms with Crippen LogP contribution in [0.25, 0.3) is 0 Å². The predicted octanol–water partition coefficient (Wildman–Crippen LogP) is 1.11. The molecular formula is C9H15N3OS. The number of aromatic nitrogens is 1. The summed E-state index contributed by atoms with van der Waals surface area (Å²) in [6, 6.07) is 3.58. The van der Waals surface area contributed by atoms with Crippen LogP contribution in [0.1, 0.15) is 13.3 Å². The summed E-state index contributed by atoms with van der Waals surface area (Å²) >= 11 is 1.58. The van der Waals surface area contributed by atoms with Crippen molar-refractivity contribution in [3.8, 4) is 0 Å². The Labute approximate surface area is 87.7 Å². The Morgan fingerprint density at radius 3 is 2.79 bits per heavy atom. The van der Waals surface area contributed by atoms with Crippen molar-refractivity contribution in [2.24, 2.45) is 0 Å². The van der Waals surface area contributed by atoms with Crippen molar-refractivity contribution in [2.75, 3.05) is 18.1 Å². The fourth-order valence-corrected chi connectivity index (χ4v) is 1.91. The summed E-state index contributed by atoms with van der Waals surface area (Å²) in [5, 5.41) is 9.91. The molecule has 0 amide bonds.